The molecule has 126 valence electrons. The number of carbonyl (C=O) groups is 1. The molecule has 2 fully saturated rings. The first-order chi connectivity index (χ1) is 11.1. The SMILES string of the molecule is CC(O)C1CCN(C(=O)C2CCCCN2Cc2ccccc2)C1. The van der Waals surface area contributed by atoms with Gasteiger partial charge in [0.1, 0.15) is 0 Å². The second-order valence-corrected chi connectivity index (χ2v) is 7.04. The van der Waals surface area contributed by atoms with Gasteiger partial charge in [-0.15, -0.1) is 0 Å². The fourth-order valence-corrected chi connectivity index (χ4v) is 3.87. The van der Waals surface area contributed by atoms with E-state index < -0.39 is 0 Å². The number of aliphatic hydroxyl groups excluding tert-OH is 1. The Morgan fingerprint density at radius 2 is 2.00 bits per heavy atom. The molecule has 4 heteroatoms. The summed E-state index contributed by atoms with van der Waals surface area (Å²) in [5.74, 6) is 0.508. The molecule has 3 atom stereocenters. The normalized spacial score (nSPS) is 27.1. The molecule has 2 saturated heterocycles. The van der Waals surface area contributed by atoms with Gasteiger partial charge in [-0.1, -0.05) is 36.8 Å². The van der Waals surface area contributed by atoms with E-state index in [-0.39, 0.29) is 24.0 Å². The summed E-state index contributed by atoms with van der Waals surface area (Å²) in [4.78, 5) is 17.3. The van der Waals surface area contributed by atoms with Crippen molar-refractivity contribution in [2.45, 2.75) is 51.3 Å². The van der Waals surface area contributed by atoms with Gasteiger partial charge in [0.2, 0.25) is 5.91 Å². The predicted octanol–water partition coefficient (Wildman–Crippen LogP) is 2.27. The first-order valence-electron chi connectivity index (χ1n) is 8.90. The van der Waals surface area contributed by atoms with Gasteiger partial charge in [0.05, 0.1) is 12.1 Å². The minimum absolute atomic E-state index is 0.0108. The van der Waals surface area contributed by atoms with Gasteiger partial charge >= 0.3 is 0 Å². The van der Waals surface area contributed by atoms with E-state index in [1.807, 2.05) is 17.9 Å². The Morgan fingerprint density at radius 1 is 1.22 bits per heavy atom. The summed E-state index contributed by atoms with van der Waals surface area (Å²) < 4.78 is 0. The van der Waals surface area contributed by atoms with Crippen LogP contribution in [0.5, 0.6) is 0 Å². The molecule has 0 bridgehead atoms. The summed E-state index contributed by atoms with van der Waals surface area (Å²) in [7, 11) is 0. The molecule has 1 aromatic carbocycles. The second-order valence-electron chi connectivity index (χ2n) is 7.04. The third-order valence-corrected chi connectivity index (χ3v) is 5.35. The zero-order chi connectivity index (χ0) is 16.2. The maximum Gasteiger partial charge on any atom is 0.239 e. The zero-order valence-corrected chi connectivity index (χ0v) is 14.0. The van der Waals surface area contributed by atoms with Gasteiger partial charge in [0, 0.05) is 25.6 Å². The van der Waals surface area contributed by atoms with Gasteiger partial charge in [-0.3, -0.25) is 9.69 Å². The zero-order valence-electron chi connectivity index (χ0n) is 14.0. The summed E-state index contributed by atoms with van der Waals surface area (Å²) >= 11 is 0. The fourth-order valence-electron chi connectivity index (χ4n) is 3.87. The summed E-state index contributed by atoms with van der Waals surface area (Å²) in [5.41, 5.74) is 1.27. The Labute approximate surface area is 139 Å². The Kier molecular flexibility index (Phi) is 5.34. The molecule has 3 unspecified atom stereocenters. The number of carbonyl (C=O) groups excluding carboxylic acids is 1. The lowest BCUT2D eigenvalue weighted by molar-refractivity contribution is -0.137. The van der Waals surface area contributed by atoms with Crippen molar-refractivity contribution in [1.82, 2.24) is 9.80 Å². The fraction of sp³-hybridized carbons (Fsp3) is 0.632. The van der Waals surface area contributed by atoms with Crippen LogP contribution in [0.3, 0.4) is 0 Å². The number of amides is 1. The molecule has 2 aliphatic heterocycles. The van der Waals surface area contributed by atoms with E-state index in [2.05, 4.69) is 29.2 Å². The Hall–Kier alpha value is -1.39. The van der Waals surface area contributed by atoms with Crippen molar-refractivity contribution >= 4 is 5.91 Å². The van der Waals surface area contributed by atoms with Crippen LogP contribution in [-0.2, 0) is 11.3 Å². The minimum Gasteiger partial charge on any atom is -0.393 e. The Morgan fingerprint density at radius 3 is 2.70 bits per heavy atom. The molecule has 3 rings (SSSR count). The number of hydrogen-bond donors (Lipinski definition) is 1. The number of likely N-dealkylation sites (tertiary alicyclic amines) is 2. The van der Waals surface area contributed by atoms with Gasteiger partial charge in [-0.05, 0) is 38.3 Å². The summed E-state index contributed by atoms with van der Waals surface area (Å²) in [6.07, 6.45) is 3.87. The molecule has 2 aliphatic rings. The van der Waals surface area contributed by atoms with Crippen LogP contribution >= 0.6 is 0 Å². The second kappa shape index (κ2) is 7.45. The lowest BCUT2D eigenvalue weighted by Gasteiger charge is -2.37. The lowest BCUT2D eigenvalue weighted by Crippen LogP contribution is -2.50. The maximum absolute atomic E-state index is 13.0. The third-order valence-electron chi connectivity index (χ3n) is 5.35. The van der Waals surface area contributed by atoms with Crippen LogP contribution in [0.2, 0.25) is 0 Å². The van der Waals surface area contributed by atoms with E-state index >= 15 is 0 Å². The van der Waals surface area contributed by atoms with Crippen molar-refractivity contribution in [1.29, 1.82) is 0 Å². The molecular formula is C19H28N2O2. The van der Waals surface area contributed by atoms with E-state index in [1.54, 1.807) is 0 Å². The van der Waals surface area contributed by atoms with Crippen LogP contribution in [0.4, 0.5) is 0 Å². The molecule has 0 aliphatic carbocycles. The highest BCUT2D eigenvalue weighted by atomic mass is 16.3. The van der Waals surface area contributed by atoms with Gasteiger partial charge in [0.25, 0.3) is 0 Å². The van der Waals surface area contributed by atoms with Crippen LogP contribution in [0.25, 0.3) is 0 Å². The number of piperidine rings is 1. The summed E-state index contributed by atoms with van der Waals surface area (Å²) in [6, 6.07) is 10.4. The highest BCUT2D eigenvalue weighted by Gasteiger charge is 2.36. The topological polar surface area (TPSA) is 43.8 Å². The number of benzene rings is 1. The van der Waals surface area contributed by atoms with E-state index in [0.29, 0.717) is 6.54 Å². The average molecular weight is 316 g/mol. The van der Waals surface area contributed by atoms with Crippen molar-refractivity contribution < 1.29 is 9.90 Å². The molecule has 1 aromatic rings. The highest BCUT2D eigenvalue weighted by Crippen LogP contribution is 2.25. The molecule has 23 heavy (non-hydrogen) atoms. The van der Waals surface area contributed by atoms with Crippen molar-refractivity contribution in [2.24, 2.45) is 5.92 Å². The number of hydrogen-bond acceptors (Lipinski definition) is 3. The molecule has 0 spiro atoms. The minimum atomic E-state index is -0.320. The number of rotatable bonds is 4. The molecular weight excluding hydrogens is 288 g/mol. The van der Waals surface area contributed by atoms with Gasteiger partial charge in [-0.25, -0.2) is 0 Å². The Balaban J connectivity index is 1.65. The predicted molar refractivity (Wildman–Crippen MR) is 90.9 cm³/mol. The quantitative estimate of drug-likeness (QED) is 0.927. The van der Waals surface area contributed by atoms with Gasteiger partial charge in [0.15, 0.2) is 0 Å². The van der Waals surface area contributed by atoms with Crippen LogP contribution in [0.15, 0.2) is 30.3 Å². The van der Waals surface area contributed by atoms with Crippen LogP contribution in [-0.4, -0.2) is 52.6 Å². The molecule has 2 heterocycles. The van der Waals surface area contributed by atoms with E-state index in [9.17, 15) is 9.90 Å². The van der Waals surface area contributed by atoms with Gasteiger partial charge in [-0.2, -0.15) is 0 Å². The van der Waals surface area contributed by atoms with E-state index in [0.717, 1.165) is 38.9 Å². The van der Waals surface area contributed by atoms with Crippen molar-refractivity contribution in [2.75, 3.05) is 19.6 Å². The van der Waals surface area contributed by atoms with E-state index in [4.69, 9.17) is 0 Å². The van der Waals surface area contributed by atoms with Crippen LogP contribution in [0.1, 0.15) is 38.2 Å². The average Bonchev–Trinajstić information content (AvgIpc) is 3.06. The molecule has 4 nitrogen and oxygen atoms in total. The first-order valence-corrected chi connectivity index (χ1v) is 8.90. The summed E-state index contributed by atoms with van der Waals surface area (Å²) in [6.45, 7) is 5.20. The van der Waals surface area contributed by atoms with Gasteiger partial charge < -0.3 is 10.0 Å². The third kappa shape index (κ3) is 3.93. The Bertz CT molecular complexity index is 517. The number of aliphatic hydroxyl groups is 1. The maximum atomic E-state index is 13.0. The number of nitrogens with zero attached hydrogens (tertiary/aromatic N) is 2. The standard InChI is InChI=1S/C19H28N2O2/c1-15(22)17-10-12-21(14-17)19(23)18-9-5-6-11-20(18)13-16-7-3-2-4-8-16/h2-4,7-8,15,17-18,22H,5-6,9-14H2,1H3. The lowest BCUT2D eigenvalue weighted by atomic mass is 9.99. The van der Waals surface area contributed by atoms with Crippen LogP contribution in [0, 0.1) is 5.92 Å². The van der Waals surface area contributed by atoms with E-state index in [1.165, 1.54) is 12.0 Å². The molecule has 0 saturated carbocycles. The van der Waals surface area contributed by atoms with Crippen molar-refractivity contribution in [3.05, 3.63) is 35.9 Å². The molecule has 1 amide bonds. The highest BCUT2D eigenvalue weighted by molar-refractivity contribution is 5.82. The van der Waals surface area contributed by atoms with Crippen LogP contribution < -0.4 is 0 Å². The molecule has 0 aromatic heterocycles. The smallest absolute Gasteiger partial charge is 0.239 e. The molecule has 0 radical (unpaired) electrons. The largest absolute Gasteiger partial charge is 0.393 e. The van der Waals surface area contributed by atoms with Crippen molar-refractivity contribution in [3.8, 4) is 0 Å². The summed E-state index contributed by atoms with van der Waals surface area (Å²) in [5, 5.41) is 9.76. The molecule has 1 N–H and O–H groups in total. The first kappa shape index (κ1) is 16.5. The van der Waals surface area contributed by atoms with Crippen molar-refractivity contribution in [3.63, 3.8) is 0 Å². The monoisotopic (exact) mass is 316 g/mol.